The molecule has 0 saturated carbocycles. The van der Waals surface area contributed by atoms with Crippen LogP contribution in [0.2, 0.25) is 5.02 Å². The fourth-order valence-electron chi connectivity index (χ4n) is 2.23. The largest absolute Gasteiger partial charge is 0.489 e. The highest BCUT2D eigenvalue weighted by Crippen LogP contribution is 2.24. The number of hydrogen-bond donors (Lipinski definition) is 1. The van der Waals surface area contributed by atoms with Crippen LogP contribution in [0.15, 0.2) is 42.5 Å². The maximum Gasteiger partial charge on any atom is 0.242 e. The highest BCUT2D eigenvalue weighted by atomic mass is 35.5. The Labute approximate surface area is 145 Å². The fraction of sp³-hybridized carbons (Fsp3) is 0.235. The van der Waals surface area contributed by atoms with Crippen LogP contribution in [0, 0.1) is 6.92 Å². The zero-order valence-electron chi connectivity index (χ0n) is 13.5. The van der Waals surface area contributed by atoms with Gasteiger partial charge in [0.25, 0.3) is 0 Å². The summed E-state index contributed by atoms with van der Waals surface area (Å²) in [6.45, 7) is 3.08. The minimum Gasteiger partial charge on any atom is -0.489 e. The first-order valence-electron chi connectivity index (χ1n) is 7.55. The molecule has 2 aromatic carbocycles. The van der Waals surface area contributed by atoms with Crippen LogP contribution in [0.1, 0.15) is 16.7 Å². The Morgan fingerprint density at radius 2 is 1.96 bits per heavy atom. The topological polar surface area (TPSA) is 64.9 Å². The molecule has 1 N–H and O–H groups in total. The zero-order chi connectivity index (χ0) is 16.9. The van der Waals surface area contributed by atoms with Gasteiger partial charge in [0, 0.05) is 24.2 Å². The van der Waals surface area contributed by atoms with Crippen LogP contribution < -0.4 is 10.1 Å². The number of halogens is 1. The molecule has 0 aliphatic carbocycles. The lowest BCUT2D eigenvalue weighted by Gasteiger charge is -2.13. The summed E-state index contributed by atoms with van der Waals surface area (Å²) >= 11 is 6.11. The number of rotatable bonds is 6. The lowest BCUT2D eigenvalue weighted by molar-refractivity contribution is 0.303. The molecule has 0 spiro atoms. The number of benzene rings is 2. The third-order valence-corrected chi connectivity index (χ3v) is 3.83. The molecule has 3 rings (SSSR count). The molecule has 0 bridgehead atoms. The van der Waals surface area contributed by atoms with E-state index in [1.807, 2.05) is 18.2 Å². The molecule has 0 atom stereocenters. The van der Waals surface area contributed by atoms with Crippen molar-refractivity contribution in [2.24, 2.45) is 7.05 Å². The molecular weight excluding hydrogens is 326 g/mol. The fourth-order valence-corrected chi connectivity index (χ4v) is 2.42. The standard InChI is InChI=1S/C17H18ClN5O/c1-12-3-5-13(6-4-12)11-24-16-8-7-15(18)9-14(16)10-19-17-20-21-22-23(17)2/h3-9H,10-11H2,1-2H3,(H,19,20,22). The van der Waals surface area contributed by atoms with Gasteiger partial charge in [-0.25, -0.2) is 4.68 Å². The van der Waals surface area contributed by atoms with Crippen LogP contribution >= 0.6 is 11.6 Å². The molecule has 0 radical (unpaired) electrons. The normalized spacial score (nSPS) is 10.6. The van der Waals surface area contributed by atoms with Gasteiger partial charge in [-0.2, -0.15) is 0 Å². The van der Waals surface area contributed by atoms with E-state index in [0.29, 0.717) is 24.1 Å². The van der Waals surface area contributed by atoms with Gasteiger partial charge in [0.15, 0.2) is 0 Å². The molecule has 0 fully saturated rings. The van der Waals surface area contributed by atoms with Gasteiger partial charge in [0.2, 0.25) is 5.95 Å². The van der Waals surface area contributed by atoms with E-state index < -0.39 is 0 Å². The van der Waals surface area contributed by atoms with Gasteiger partial charge >= 0.3 is 0 Å². The first-order valence-corrected chi connectivity index (χ1v) is 7.92. The van der Waals surface area contributed by atoms with Crippen molar-refractivity contribution in [3.63, 3.8) is 0 Å². The Bertz CT molecular complexity index is 816. The minimum absolute atomic E-state index is 0.500. The Kier molecular flexibility index (Phi) is 4.96. The molecule has 124 valence electrons. The molecule has 7 heteroatoms. The van der Waals surface area contributed by atoms with Gasteiger partial charge in [-0.3, -0.25) is 0 Å². The first kappa shape index (κ1) is 16.3. The maximum atomic E-state index is 6.11. The molecule has 1 aromatic heterocycles. The van der Waals surface area contributed by atoms with Crippen molar-refractivity contribution in [2.75, 3.05) is 5.32 Å². The molecule has 6 nitrogen and oxygen atoms in total. The van der Waals surface area contributed by atoms with E-state index in [9.17, 15) is 0 Å². The number of anilines is 1. The summed E-state index contributed by atoms with van der Waals surface area (Å²) in [5.41, 5.74) is 3.29. The Morgan fingerprint density at radius 3 is 2.67 bits per heavy atom. The summed E-state index contributed by atoms with van der Waals surface area (Å²) in [5.74, 6) is 1.36. The van der Waals surface area contributed by atoms with Gasteiger partial charge in [0.05, 0.1) is 0 Å². The Hall–Kier alpha value is -2.60. The SMILES string of the molecule is Cc1ccc(COc2ccc(Cl)cc2CNc2nnnn2C)cc1. The van der Waals surface area contributed by atoms with Crippen molar-refractivity contribution in [1.82, 2.24) is 20.2 Å². The highest BCUT2D eigenvalue weighted by Gasteiger charge is 2.08. The molecule has 0 unspecified atom stereocenters. The van der Waals surface area contributed by atoms with Gasteiger partial charge in [-0.05, 0) is 41.1 Å². The van der Waals surface area contributed by atoms with E-state index >= 15 is 0 Å². The highest BCUT2D eigenvalue weighted by molar-refractivity contribution is 6.30. The van der Waals surface area contributed by atoms with Crippen LogP contribution in [0.4, 0.5) is 5.95 Å². The molecule has 3 aromatic rings. The minimum atomic E-state index is 0.500. The third-order valence-electron chi connectivity index (χ3n) is 3.59. The van der Waals surface area contributed by atoms with Crippen molar-refractivity contribution in [1.29, 1.82) is 0 Å². The monoisotopic (exact) mass is 343 g/mol. The number of ether oxygens (including phenoxy) is 1. The van der Waals surface area contributed by atoms with Gasteiger partial charge < -0.3 is 10.1 Å². The van der Waals surface area contributed by atoms with E-state index in [-0.39, 0.29) is 0 Å². The van der Waals surface area contributed by atoms with Gasteiger partial charge in [-0.1, -0.05) is 46.5 Å². The average molecular weight is 344 g/mol. The predicted octanol–water partition coefficient (Wildman–Crippen LogP) is 3.36. The Morgan fingerprint density at radius 1 is 1.17 bits per heavy atom. The van der Waals surface area contributed by atoms with Crippen LogP contribution in [-0.2, 0) is 20.2 Å². The second kappa shape index (κ2) is 7.31. The summed E-state index contributed by atoms with van der Waals surface area (Å²) in [4.78, 5) is 0. The number of aromatic nitrogens is 4. The lowest BCUT2D eigenvalue weighted by Crippen LogP contribution is -2.07. The van der Waals surface area contributed by atoms with Gasteiger partial charge in [-0.15, -0.1) is 0 Å². The summed E-state index contributed by atoms with van der Waals surface area (Å²) in [7, 11) is 1.77. The predicted molar refractivity (Wildman–Crippen MR) is 93.1 cm³/mol. The van der Waals surface area contributed by atoms with Crippen LogP contribution in [0.5, 0.6) is 5.75 Å². The summed E-state index contributed by atoms with van der Waals surface area (Å²) in [5, 5.41) is 15.1. The average Bonchev–Trinajstić information content (AvgIpc) is 2.98. The maximum absolute atomic E-state index is 6.11. The molecule has 0 aliphatic heterocycles. The van der Waals surface area contributed by atoms with E-state index in [1.54, 1.807) is 11.7 Å². The number of hydrogen-bond acceptors (Lipinski definition) is 5. The molecule has 0 amide bonds. The first-order chi connectivity index (χ1) is 11.6. The summed E-state index contributed by atoms with van der Waals surface area (Å²) in [6.07, 6.45) is 0. The summed E-state index contributed by atoms with van der Waals surface area (Å²) < 4.78 is 7.53. The number of aryl methyl sites for hydroxylation is 2. The number of tetrazole rings is 1. The van der Waals surface area contributed by atoms with E-state index in [1.165, 1.54) is 5.56 Å². The molecular formula is C17H18ClN5O. The second-order valence-corrected chi connectivity index (χ2v) is 5.94. The van der Waals surface area contributed by atoms with Crippen molar-refractivity contribution < 1.29 is 4.74 Å². The molecule has 0 saturated heterocycles. The molecule has 1 heterocycles. The smallest absolute Gasteiger partial charge is 0.242 e. The van der Waals surface area contributed by atoms with E-state index in [2.05, 4.69) is 52.0 Å². The second-order valence-electron chi connectivity index (χ2n) is 5.51. The molecule has 0 aliphatic rings. The van der Waals surface area contributed by atoms with Crippen molar-refractivity contribution in [3.05, 3.63) is 64.2 Å². The van der Waals surface area contributed by atoms with Crippen molar-refractivity contribution in [3.8, 4) is 5.75 Å². The lowest BCUT2D eigenvalue weighted by atomic mass is 10.1. The molecule has 24 heavy (non-hydrogen) atoms. The third kappa shape index (κ3) is 4.02. The van der Waals surface area contributed by atoms with E-state index in [0.717, 1.165) is 16.9 Å². The zero-order valence-corrected chi connectivity index (χ0v) is 14.3. The van der Waals surface area contributed by atoms with Crippen molar-refractivity contribution >= 4 is 17.5 Å². The van der Waals surface area contributed by atoms with E-state index in [4.69, 9.17) is 16.3 Å². The van der Waals surface area contributed by atoms with Crippen molar-refractivity contribution in [2.45, 2.75) is 20.1 Å². The number of nitrogens with zero attached hydrogens (tertiary/aromatic N) is 4. The van der Waals surface area contributed by atoms with Crippen LogP contribution in [0.3, 0.4) is 0 Å². The quantitative estimate of drug-likeness (QED) is 0.743. The van der Waals surface area contributed by atoms with Crippen LogP contribution in [0.25, 0.3) is 0 Å². The van der Waals surface area contributed by atoms with Gasteiger partial charge in [0.1, 0.15) is 12.4 Å². The Balaban J connectivity index is 1.70. The summed E-state index contributed by atoms with van der Waals surface area (Å²) in [6, 6.07) is 13.8. The number of nitrogens with one attached hydrogen (secondary N) is 1. The van der Waals surface area contributed by atoms with Crippen LogP contribution in [-0.4, -0.2) is 20.2 Å².